The van der Waals surface area contributed by atoms with Crippen molar-refractivity contribution < 1.29 is 9.90 Å². The van der Waals surface area contributed by atoms with Crippen LogP contribution in [0.4, 0.5) is 10.5 Å². The number of rotatable bonds is 5. The Morgan fingerprint density at radius 1 is 1.32 bits per heavy atom. The van der Waals surface area contributed by atoms with Crippen LogP contribution in [-0.2, 0) is 0 Å². The molecule has 0 aliphatic carbocycles. The van der Waals surface area contributed by atoms with E-state index in [0.717, 1.165) is 16.8 Å². The molecular weight excluding hydrogens is 240 g/mol. The van der Waals surface area contributed by atoms with E-state index >= 15 is 0 Å². The Labute approximate surface area is 115 Å². The summed E-state index contributed by atoms with van der Waals surface area (Å²) < 4.78 is 0. The summed E-state index contributed by atoms with van der Waals surface area (Å²) in [4.78, 5) is 11.8. The lowest BCUT2D eigenvalue weighted by atomic mass is 9.98. The molecule has 1 aromatic carbocycles. The molecule has 4 heteroatoms. The molecule has 1 rings (SSSR count). The second kappa shape index (κ2) is 7.14. The molecule has 0 spiro atoms. The van der Waals surface area contributed by atoms with Crippen LogP contribution < -0.4 is 10.6 Å². The second-order valence-corrected chi connectivity index (χ2v) is 5.21. The summed E-state index contributed by atoms with van der Waals surface area (Å²) in [6, 6.07) is 5.79. The first-order chi connectivity index (χ1) is 8.91. The second-order valence-electron chi connectivity index (χ2n) is 5.21. The summed E-state index contributed by atoms with van der Waals surface area (Å²) in [5.74, 6) is 0.354. The maximum absolute atomic E-state index is 11.8. The number of carbonyl (C=O) groups is 1. The maximum atomic E-state index is 11.8. The summed E-state index contributed by atoms with van der Waals surface area (Å²) in [7, 11) is 0. The van der Waals surface area contributed by atoms with Crippen molar-refractivity contribution in [2.75, 3.05) is 11.9 Å². The van der Waals surface area contributed by atoms with Crippen molar-refractivity contribution in [3.05, 3.63) is 29.3 Å². The van der Waals surface area contributed by atoms with Crippen LogP contribution in [0.1, 0.15) is 44.2 Å². The smallest absolute Gasteiger partial charge is 0.319 e. The molecule has 0 aliphatic rings. The summed E-state index contributed by atoms with van der Waals surface area (Å²) in [5.41, 5.74) is 3.06. The molecule has 106 valence electrons. The third-order valence-electron chi connectivity index (χ3n) is 3.01. The predicted molar refractivity (Wildman–Crippen MR) is 78.6 cm³/mol. The van der Waals surface area contributed by atoms with Crippen molar-refractivity contribution in [2.45, 2.75) is 46.1 Å². The molecule has 0 saturated carbocycles. The number of anilines is 1. The van der Waals surface area contributed by atoms with Gasteiger partial charge >= 0.3 is 6.03 Å². The Kier molecular flexibility index (Phi) is 5.83. The number of benzene rings is 1. The first-order valence-corrected chi connectivity index (χ1v) is 6.74. The van der Waals surface area contributed by atoms with Crippen molar-refractivity contribution in [1.29, 1.82) is 0 Å². The average molecular weight is 264 g/mol. The van der Waals surface area contributed by atoms with E-state index < -0.39 is 6.10 Å². The van der Waals surface area contributed by atoms with Gasteiger partial charge in [0.1, 0.15) is 0 Å². The van der Waals surface area contributed by atoms with Gasteiger partial charge in [0.05, 0.1) is 6.10 Å². The molecule has 0 heterocycles. The van der Waals surface area contributed by atoms with Gasteiger partial charge in [-0.05, 0) is 37.3 Å². The molecule has 0 fully saturated rings. The zero-order chi connectivity index (χ0) is 14.4. The van der Waals surface area contributed by atoms with E-state index in [1.165, 1.54) is 0 Å². The first-order valence-electron chi connectivity index (χ1n) is 6.74. The van der Waals surface area contributed by atoms with Gasteiger partial charge in [-0.2, -0.15) is 0 Å². The average Bonchev–Trinajstić information content (AvgIpc) is 2.30. The molecule has 0 aromatic heterocycles. The van der Waals surface area contributed by atoms with Crippen LogP contribution in [-0.4, -0.2) is 23.8 Å². The van der Waals surface area contributed by atoms with Gasteiger partial charge in [-0.1, -0.05) is 32.0 Å². The van der Waals surface area contributed by atoms with E-state index in [0.29, 0.717) is 18.9 Å². The SMILES string of the molecule is Cc1cccc(C(C)C)c1NC(=O)NCCC(C)O. The number of amides is 2. The fourth-order valence-corrected chi connectivity index (χ4v) is 1.89. The molecule has 19 heavy (non-hydrogen) atoms. The molecule has 0 bridgehead atoms. The Morgan fingerprint density at radius 2 is 2.00 bits per heavy atom. The number of urea groups is 1. The number of aliphatic hydroxyl groups is 1. The van der Waals surface area contributed by atoms with Crippen LogP contribution in [0.5, 0.6) is 0 Å². The van der Waals surface area contributed by atoms with Crippen molar-refractivity contribution >= 4 is 11.7 Å². The van der Waals surface area contributed by atoms with E-state index in [2.05, 4.69) is 24.5 Å². The van der Waals surface area contributed by atoms with Crippen LogP contribution in [0.25, 0.3) is 0 Å². The van der Waals surface area contributed by atoms with Gasteiger partial charge in [-0.25, -0.2) is 4.79 Å². The Bertz CT molecular complexity index is 428. The summed E-state index contributed by atoms with van der Waals surface area (Å²) in [6.45, 7) is 8.36. The minimum atomic E-state index is -0.398. The van der Waals surface area contributed by atoms with Gasteiger partial charge in [-0.15, -0.1) is 0 Å². The quantitative estimate of drug-likeness (QED) is 0.765. The highest BCUT2D eigenvalue weighted by molar-refractivity contribution is 5.91. The molecule has 0 saturated heterocycles. The number of nitrogens with one attached hydrogen (secondary N) is 2. The van der Waals surface area contributed by atoms with Crippen LogP contribution in [0.3, 0.4) is 0 Å². The van der Waals surface area contributed by atoms with Gasteiger partial charge < -0.3 is 15.7 Å². The molecule has 4 nitrogen and oxygen atoms in total. The molecule has 2 amide bonds. The van der Waals surface area contributed by atoms with Gasteiger partial charge in [-0.3, -0.25) is 0 Å². The maximum Gasteiger partial charge on any atom is 0.319 e. The summed E-state index contributed by atoms with van der Waals surface area (Å²) in [5, 5.41) is 14.8. The van der Waals surface area contributed by atoms with Crippen molar-refractivity contribution in [1.82, 2.24) is 5.32 Å². The van der Waals surface area contributed by atoms with Crippen molar-refractivity contribution in [3.63, 3.8) is 0 Å². The van der Waals surface area contributed by atoms with E-state index in [1.807, 2.05) is 25.1 Å². The van der Waals surface area contributed by atoms with Crippen LogP contribution in [0.2, 0.25) is 0 Å². The van der Waals surface area contributed by atoms with Crippen molar-refractivity contribution in [3.8, 4) is 0 Å². The summed E-state index contributed by atoms with van der Waals surface area (Å²) >= 11 is 0. The lowest BCUT2D eigenvalue weighted by Gasteiger charge is -2.17. The molecular formula is C15H24N2O2. The topological polar surface area (TPSA) is 61.4 Å². The van der Waals surface area contributed by atoms with E-state index in [4.69, 9.17) is 5.11 Å². The zero-order valence-electron chi connectivity index (χ0n) is 12.2. The molecule has 1 aromatic rings. The molecule has 1 unspecified atom stereocenters. The number of para-hydroxylation sites is 1. The highest BCUT2D eigenvalue weighted by Crippen LogP contribution is 2.27. The Hall–Kier alpha value is -1.55. The lowest BCUT2D eigenvalue weighted by molar-refractivity contribution is 0.184. The predicted octanol–water partition coefficient (Wildman–Crippen LogP) is 3.01. The van der Waals surface area contributed by atoms with Gasteiger partial charge in [0.25, 0.3) is 0 Å². The van der Waals surface area contributed by atoms with Crippen molar-refractivity contribution in [2.24, 2.45) is 0 Å². The van der Waals surface area contributed by atoms with E-state index in [9.17, 15) is 4.79 Å². The monoisotopic (exact) mass is 264 g/mol. The molecule has 3 N–H and O–H groups in total. The van der Waals surface area contributed by atoms with Crippen LogP contribution in [0.15, 0.2) is 18.2 Å². The summed E-state index contributed by atoms with van der Waals surface area (Å²) in [6.07, 6.45) is 0.156. The first kappa shape index (κ1) is 15.5. The largest absolute Gasteiger partial charge is 0.393 e. The number of aryl methyl sites for hydroxylation is 1. The third kappa shape index (κ3) is 4.91. The normalized spacial score (nSPS) is 12.3. The highest BCUT2D eigenvalue weighted by atomic mass is 16.3. The van der Waals surface area contributed by atoms with Gasteiger partial charge in [0.15, 0.2) is 0 Å². The standard InChI is InChI=1S/C15H24N2O2/c1-10(2)13-7-5-6-11(3)14(13)17-15(19)16-9-8-12(4)18/h5-7,10,12,18H,8-9H2,1-4H3,(H2,16,17,19). The van der Waals surface area contributed by atoms with Crippen LogP contribution in [0, 0.1) is 6.92 Å². The van der Waals surface area contributed by atoms with E-state index in [-0.39, 0.29) is 6.03 Å². The van der Waals surface area contributed by atoms with E-state index in [1.54, 1.807) is 6.92 Å². The Balaban J connectivity index is 2.68. The fourth-order valence-electron chi connectivity index (χ4n) is 1.89. The minimum absolute atomic E-state index is 0.225. The molecule has 0 aliphatic heterocycles. The molecule has 1 atom stereocenters. The highest BCUT2D eigenvalue weighted by Gasteiger charge is 2.11. The number of carbonyl (C=O) groups excluding carboxylic acids is 1. The number of hydrogen-bond donors (Lipinski definition) is 3. The zero-order valence-corrected chi connectivity index (χ0v) is 12.2. The molecule has 0 radical (unpaired) electrons. The Morgan fingerprint density at radius 3 is 2.58 bits per heavy atom. The van der Waals surface area contributed by atoms with Gasteiger partial charge in [0, 0.05) is 12.2 Å². The minimum Gasteiger partial charge on any atom is -0.393 e. The van der Waals surface area contributed by atoms with Gasteiger partial charge in [0.2, 0.25) is 0 Å². The third-order valence-corrected chi connectivity index (χ3v) is 3.01. The lowest BCUT2D eigenvalue weighted by Crippen LogP contribution is -2.31. The number of aliphatic hydroxyl groups excluding tert-OH is 1. The van der Waals surface area contributed by atoms with Crippen LogP contribution >= 0.6 is 0 Å². The number of hydrogen-bond acceptors (Lipinski definition) is 2. The fraction of sp³-hybridized carbons (Fsp3) is 0.533.